The molecule has 1 aliphatic carbocycles. The average molecular weight is 247 g/mol. The molecule has 1 heterocycles. The van der Waals surface area contributed by atoms with Crippen LogP contribution in [0.3, 0.4) is 0 Å². The maximum absolute atomic E-state index is 6.07. The average Bonchev–Trinajstić information content (AvgIpc) is 2.86. The van der Waals surface area contributed by atoms with Gasteiger partial charge in [0.25, 0.3) is 0 Å². The first-order valence-electron chi connectivity index (χ1n) is 7.08. The number of nitrogens with two attached hydrogens (primary N) is 1. The Morgan fingerprint density at radius 1 is 1.33 bits per heavy atom. The Kier molecular flexibility index (Phi) is 4.36. The quantitative estimate of drug-likeness (QED) is 0.869. The molecule has 0 aliphatic heterocycles. The highest BCUT2D eigenvalue weighted by molar-refractivity contribution is 5.11. The van der Waals surface area contributed by atoms with Crippen LogP contribution in [0, 0.1) is 6.92 Å². The largest absolute Gasteiger partial charge is 0.329 e. The van der Waals surface area contributed by atoms with Gasteiger partial charge in [-0.2, -0.15) is 0 Å². The minimum absolute atomic E-state index is 0.222. The molecule has 1 saturated carbocycles. The molecular formula is C15H25N3. The number of hydrogen-bond acceptors (Lipinski definition) is 3. The van der Waals surface area contributed by atoms with Crippen molar-refractivity contribution >= 4 is 0 Å². The highest BCUT2D eigenvalue weighted by Crippen LogP contribution is 2.35. The highest BCUT2D eigenvalue weighted by Gasteiger charge is 2.37. The Balaban J connectivity index is 2.13. The third-order valence-corrected chi connectivity index (χ3v) is 4.27. The van der Waals surface area contributed by atoms with Gasteiger partial charge >= 0.3 is 0 Å². The summed E-state index contributed by atoms with van der Waals surface area (Å²) in [6.45, 7) is 7.02. The van der Waals surface area contributed by atoms with Crippen LogP contribution in [-0.2, 0) is 6.54 Å². The lowest BCUT2D eigenvalue weighted by Crippen LogP contribution is -2.51. The summed E-state index contributed by atoms with van der Waals surface area (Å²) in [5.74, 6) is 0. The molecule has 0 amide bonds. The molecule has 3 nitrogen and oxygen atoms in total. The van der Waals surface area contributed by atoms with Crippen LogP contribution in [0.25, 0.3) is 0 Å². The van der Waals surface area contributed by atoms with Gasteiger partial charge in [-0.1, -0.05) is 25.8 Å². The fourth-order valence-electron chi connectivity index (χ4n) is 3.18. The topological polar surface area (TPSA) is 42.2 Å². The first kappa shape index (κ1) is 13.5. The Bertz CT molecular complexity index is 383. The molecule has 18 heavy (non-hydrogen) atoms. The Labute approximate surface area is 110 Å². The van der Waals surface area contributed by atoms with Gasteiger partial charge in [0.2, 0.25) is 0 Å². The molecule has 2 N–H and O–H groups in total. The van der Waals surface area contributed by atoms with Gasteiger partial charge < -0.3 is 5.73 Å². The van der Waals surface area contributed by atoms with Gasteiger partial charge in [-0.15, -0.1) is 0 Å². The van der Waals surface area contributed by atoms with Crippen molar-refractivity contribution < 1.29 is 0 Å². The van der Waals surface area contributed by atoms with Crippen LogP contribution in [-0.4, -0.2) is 28.5 Å². The maximum atomic E-state index is 6.07. The van der Waals surface area contributed by atoms with Crippen molar-refractivity contribution in [1.29, 1.82) is 0 Å². The summed E-state index contributed by atoms with van der Waals surface area (Å²) in [6, 6.07) is 6.26. The van der Waals surface area contributed by atoms with Crippen LogP contribution in [0.1, 0.15) is 44.0 Å². The molecule has 0 saturated heterocycles. The van der Waals surface area contributed by atoms with E-state index in [2.05, 4.69) is 28.9 Å². The van der Waals surface area contributed by atoms with Crippen LogP contribution >= 0.6 is 0 Å². The maximum Gasteiger partial charge on any atom is 0.0547 e. The molecule has 0 aromatic carbocycles. The van der Waals surface area contributed by atoms with Gasteiger partial charge in [-0.25, -0.2) is 0 Å². The zero-order valence-corrected chi connectivity index (χ0v) is 11.7. The molecule has 1 fully saturated rings. The van der Waals surface area contributed by atoms with E-state index in [1.54, 1.807) is 0 Å². The van der Waals surface area contributed by atoms with E-state index >= 15 is 0 Å². The molecule has 1 aromatic heterocycles. The van der Waals surface area contributed by atoms with Gasteiger partial charge in [0, 0.05) is 24.3 Å². The van der Waals surface area contributed by atoms with Gasteiger partial charge in [0.15, 0.2) is 0 Å². The molecule has 0 radical (unpaired) electrons. The number of pyridine rings is 1. The lowest BCUT2D eigenvalue weighted by molar-refractivity contribution is 0.0956. The molecule has 3 heteroatoms. The normalized spacial score (nSPS) is 18.4. The zero-order chi connectivity index (χ0) is 13.0. The predicted octanol–water partition coefficient (Wildman–Crippen LogP) is 2.48. The van der Waals surface area contributed by atoms with Crippen molar-refractivity contribution in [1.82, 2.24) is 9.88 Å². The zero-order valence-electron chi connectivity index (χ0n) is 11.7. The van der Waals surface area contributed by atoms with E-state index < -0.39 is 0 Å². The van der Waals surface area contributed by atoms with E-state index in [-0.39, 0.29) is 5.54 Å². The van der Waals surface area contributed by atoms with E-state index in [0.717, 1.165) is 31.0 Å². The second kappa shape index (κ2) is 5.81. The monoisotopic (exact) mass is 247 g/mol. The number of aryl methyl sites for hydroxylation is 1. The summed E-state index contributed by atoms with van der Waals surface area (Å²) in [5.41, 5.74) is 8.55. The van der Waals surface area contributed by atoms with Crippen molar-refractivity contribution in [2.45, 2.75) is 51.6 Å². The van der Waals surface area contributed by atoms with Gasteiger partial charge in [-0.05, 0) is 38.4 Å². The molecule has 0 atom stereocenters. The summed E-state index contributed by atoms with van der Waals surface area (Å²) >= 11 is 0. The lowest BCUT2D eigenvalue weighted by atomic mass is 9.95. The van der Waals surface area contributed by atoms with Crippen LogP contribution < -0.4 is 5.73 Å². The van der Waals surface area contributed by atoms with E-state index in [1.165, 1.54) is 25.7 Å². The number of nitrogens with zero attached hydrogens (tertiary/aromatic N) is 2. The van der Waals surface area contributed by atoms with Crippen LogP contribution in [0.5, 0.6) is 0 Å². The Hall–Kier alpha value is -0.930. The molecule has 1 aliphatic rings. The highest BCUT2D eigenvalue weighted by atomic mass is 15.2. The second-order valence-corrected chi connectivity index (χ2v) is 5.42. The molecule has 1 aromatic rings. The third-order valence-electron chi connectivity index (χ3n) is 4.27. The van der Waals surface area contributed by atoms with Crippen molar-refractivity contribution in [2.75, 3.05) is 13.1 Å². The van der Waals surface area contributed by atoms with E-state index in [4.69, 9.17) is 5.73 Å². The lowest BCUT2D eigenvalue weighted by Gasteiger charge is -2.40. The van der Waals surface area contributed by atoms with E-state index in [1.807, 2.05) is 13.0 Å². The first-order valence-corrected chi connectivity index (χ1v) is 7.08. The van der Waals surface area contributed by atoms with Gasteiger partial charge in [0.1, 0.15) is 0 Å². The molecule has 0 unspecified atom stereocenters. The minimum Gasteiger partial charge on any atom is -0.329 e. The van der Waals surface area contributed by atoms with Crippen molar-refractivity contribution in [3.63, 3.8) is 0 Å². The van der Waals surface area contributed by atoms with Crippen LogP contribution in [0.2, 0.25) is 0 Å². The smallest absolute Gasteiger partial charge is 0.0547 e. The number of rotatable bonds is 5. The Morgan fingerprint density at radius 3 is 2.61 bits per heavy atom. The second-order valence-electron chi connectivity index (χ2n) is 5.42. The summed E-state index contributed by atoms with van der Waals surface area (Å²) in [5, 5.41) is 0. The van der Waals surface area contributed by atoms with Crippen LogP contribution in [0.15, 0.2) is 18.2 Å². The number of likely N-dealkylation sites (N-methyl/N-ethyl adjacent to an activating group) is 1. The van der Waals surface area contributed by atoms with Crippen molar-refractivity contribution in [3.05, 3.63) is 29.6 Å². The van der Waals surface area contributed by atoms with Gasteiger partial charge in [0.05, 0.1) is 5.69 Å². The summed E-state index contributed by atoms with van der Waals surface area (Å²) in [7, 11) is 0. The molecule has 0 bridgehead atoms. The van der Waals surface area contributed by atoms with Gasteiger partial charge in [-0.3, -0.25) is 9.88 Å². The summed E-state index contributed by atoms with van der Waals surface area (Å²) < 4.78 is 0. The molecule has 2 rings (SSSR count). The number of hydrogen-bond donors (Lipinski definition) is 1. The SMILES string of the molecule is CCN(Cc1cccc(C)n1)C1(CN)CCCC1. The van der Waals surface area contributed by atoms with Crippen molar-refractivity contribution in [2.24, 2.45) is 5.73 Å². The van der Waals surface area contributed by atoms with Crippen molar-refractivity contribution in [3.8, 4) is 0 Å². The summed E-state index contributed by atoms with van der Waals surface area (Å²) in [4.78, 5) is 7.14. The molecule has 100 valence electrons. The third kappa shape index (κ3) is 2.73. The molecular weight excluding hydrogens is 222 g/mol. The van der Waals surface area contributed by atoms with E-state index in [9.17, 15) is 0 Å². The Morgan fingerprint density at radius 2 is 2.06 bits per heavy atom. The first-order chi connectivity index (χ1) is 8.70. The molecule has 0 spiro atoms. The summed E-state index contributed by atoms with van der Waals surface area (Å²) in [6.07, 6.45) is 5.11. The van der Waals surface area contributed by atoms with E-state index in [0.29, 0.717) is 0 Å². The minimum atomic E-state index is 0.222. The standard InChI is InChI=1S/C15H25N3/c1-3-18(15(12-16)9-4-5-10-15)11-14-8-6-7-13(2)17-14/h6-8H,3-5,9-12,16H2,1-2H3. The fourth-order valence-corrected chi connectivity index (χ4v) is 3.18. The number of aromatic nitrogens is 1. The van der Waals surface area contributed by atoms with Crippen LogP contribution in [0.4, 0.5) is 0 Å². The predicted molar refractivity (Wildman–Crippen MR) is 75.3 cm³/mol. The fraction of sp³-hybridized carbons (Fsp3) is 0.667.